The van der Waals surface area contributed by atoms with E-state index in [2.05, 4.69) is 14.1 Å². The number of hydrogen-bond acceptors (Lipinski definition) is 12. The molecule has 1 aliphatic rings. The monoisotopic (exact) mass is 479 g/mol. The van der Waals surface area contributed by atoms with E-state index >= 15 is 0 Å². The molecule has 3 N–H and O–H groups in total. The molecule has 2 heterocycles. The van der Waals surface area contributed by atoms with Crippen molar-refractivity contribution in [2.75, 3.05) is 19.8 Å². The SMILES string of the molecule is CC(C)(C)NC[C@H](O)COc1nsnc1SC1(CO[N+](=O)[O-])CC(C)(C)N(O)C1(C)C. The van der Waals surface area contributed by atoms with E-state index in [1.54, 1.807) is 13.8 Å². The molecule has 1 saturated heterocycles. The zero-order chi connectivity index (χ0) is 23.7. The Bertz CT molecular complexity index is 769. The fourth-order valence-electron chi connectivity index (χ4n) is 3.68. The molecule has 0 bridgehead atoms. The maximum atomic E-state index is 10.9. The molecule has 0 aliphatic carbocycles. The molecule has 1 fully saturated rings. The van der Waals surface area contributed by atoms with Gasteiger partial charge in [-0.1, -0.05) is 11.8 Å². The maximum Gasteiger partial charge on any atom is 0.294 e. The molecule has 11 nitrogen and oxygen atoms in total. The summed E-state index contributed by atoms with van der Waals surface area (Å²) >= 11 is 2.19. The third-order valence-corrected chi connectivity index (χ3v) is 7.58. The van der Waals surface area contributed by atoms with Crippen molar-refractivity contribution in [2.24, 2.45) is 0 Å². The molecule has 31 heavy (non-hydrogen) atoms. The van der Waals surface area contributed by atoms with Crippen LogP contribution >= 0.6 is 23.5 Å². The first-order chi connectivity index (χ1) is 14.1. The van der Waals surface area contributed by atoms with Crippen LogP contribution in [0.1, 0.15) is 54.9 Å². The molecule has 0 radical (unpaired) electrons. The highest BCUT2D eigenvalue weighted by atomic mass is 32.2. The fraction of sp³-hybridized carbons (Fsp3) is 0.889. The van der Waals surface area contributed by atoms with Crippen LogP contribution in [0.2, 0.25) is 0 Å². The third kappa shape index (κ3) is 6.17. The molecule has 1 aromatic heterocycles. The summed E-state index contributed by atoms with van der Waals surface area (Å²) in [6.07, 6.45) is -0.350. The maximum absolute atomic E-state index is 10.9. The van der Waals surface area contributed by atoms with Gasteiger partial charge in [0.05, 0.1) is 22.0 Å². The van der Waals surface area contributed by atoms with E-state index in [0.29, 0.717) is 18.0 Å². The first-order valence-corrected chi connectivity index (χ1v) is 11.5. The van der Waals surface area contributed by atoms with Gasteiger partial charge in [-0.2, -0.15) is 9.44 Å². The van der Waals surface area contributed by atoms with E-state index in [0.717, 1.165) is 11.7 Å². The average Bonchev–Trinajstić information content (AvgIpc) is 3.12. The van der Waals surface area contributed by atoms with Gasteiger partial charge in [-0.3, -0.25) is 0 Å². The highest BCUT2D eigenvalue weighted by Crippen LogP contribution is 2.56. The van der Waals surface area contributed by atoms with Crippen molar-refractivity contribution >= 4 is 23.5 Å². The number of hydrogen-bond donors (Lipinski definition) is 3. The van der Waals surface area contributed by atoms with E-state index in [9.17, 15) is 20.4 Å². The van der Waals surface area contributed by atoms with Crippen LogP contribution in [-0.2, 0) is 4.84 Å². The fourth-order valence-corrected chi connectivity index (χ4v) is 5.83. The minimum absolute atomic E-state index is 0.0153. The lowest BCUT2D eigenvalue weighted by Crippen LogP contribution is -2.54. The summed E-state index contributed by atoms with van der Waals surface area (Å²) in [7, 11) is 0. The largest absolute Gasteiger partial charge is 0.472 e. The standard InChI is InChI=1S/C18H33N5O6S2/c1-15(2,3)19-8-12(24)9-28-13-14(21-31-20-13)30-18(11-29-23(26)27)10-16(4,5)22(25)17(18,6)7/h12,19,24-25H,8-11H2,1-7H3/t12-,18?/m0/s1. The van der Waals surface area contributed by atoms with Gasteiger partial charge < -0.3 is 25.2 Å². The normalized spacial score (nSPS) is 24.2. The highest BCUT2D eigenvalue weighted by molar-refractivity contribution is 8.00. The molecule has 1 aromatic rings. The van der Waals surface area contributed by atoms with E-state index in [1.165, 1.54) is 16.8 Å². The lowest BCUT2D eigenvalue weighted by atomic mass is 9.86. The molecule has 178 valence electrons. The van der Waals surface area contributed by atoms with E-state index in [-0.39, 0.29) is 24.6 Å². The summed E-state index contributed by atoms with van der Waals surface area (Å²) in [6, 6.07) is 0. The Balaban J connectivity index is 2.18. The minimum Gasteiger partial charge on any atom is -0.472 e. The van der Waals surface area contributed by atoms with Gasteiger partial charge >= 0.3 is 0 Å². The van der Waals surface area contributed by atoms with E-state index in [1.807, 2.05) is 34.6 Å². The van der Waals surface area contributed by atoms with Gasteiger partial charge in [-0.15, -0.1) is 14.5 Å². The van der Waals surface area contributed by atoms with Crippen molar-refractivity contribution in [3.05, 3.63) is 10.1 Å². The van der Waals surface area contributed by atoms with Gasteiger partial charge in [0.15, 0.2) is 5.03 Å². The Morgan fingerprint density at radius 2 is 2.00 bits per heavy atom. The Labute approximate surface area is 190 Å². The summed E-state index contributed by atoms with van der Waals surface area (Å²) in [5.74, 6) is 0.246. The molecule has 2 rings (SSSR count). The molecular weight excluding hydrogens is 446 g/mol. The number of ether oxygens (including phenoxy) is 1. The predicted octanol–water partition coefficient (Wildman–Crippen LogP) is 2.36. The number of β-amino-alcohol motifs (C(OH)–C–C–N with tert-alkyl or cyclic N) is 1. The Morgan fingerprint density at radius 1 is 1.35 bits per heavy atom. The summed E-state index contributed by atoms with van der Waals surface area (Å²) < 4.78 is 13.3. The number of aromatic nitrogens is 2. The third-order valence-electron chi connectivity index (χ3n) is 5.34. The number of hydroxylamine groups is 2. The van der Waals surface area contributed by atoms with Gasteiger partial charge in [0.1, 0.15) is 19.3 Å². The molecule has 0 saturated carbocycles. The Kier molecular flexibility index (Phi) is 7.81. The molecule has 0 spiro atoms. The van der Waals surface area contributed by atoms with Gasteiger partial charge in [-0.05, 0) is 54.9 Å². The van der Waals surface area contributed by atoms with Gasteiger partial charge in [0, 0.05) is 17.6 Å². The smallest absolute Gasteiger partial charge is 0.294 e. The lowest BCUT2D eigenvalue weighted by molar-refractivity contribution is -0.758. The molecule has 1 aliphatic heterocycles. The molecular formula is C18H33N5O6S2. The summed E-state index contributed by atoms with van der Waals surface area (Å²) in [6.45, 7) is 13.5. The molecule has 0 amide bonds. The number of aliphatic hydroxyl groups is 1. The Hall–Kier alpha value is -1.25. The number of nitrogens with zero attached hydrogens (tertiary/aromatic N) is 4. The number of nitrogens with one attached hydrogen (secondary N) is 1. The first-order valence-electron chi connectivity index (χ1n) is 9.94. The highest BCUT2D eigenvalue weighted by Gasteiger charge is 2.62. The topological polar surface area (TPSA) is 143 Å². The number of thioether (sulfide) groups is 1. The average molecular weight is 480 g/mol. The lowest BCUT2D eigenvalue weighted by Gasteiger charge is -2.41. The van der Waals surface area contributed by atoms with Gasteiger partial charge in [0.2, 0.25) is 0 Å². The van der Waals surface area contributed by atoms with Crippen molar-refractivity contribution in [3.8, 4) is 5.88 Å². The second-order valence-electron chi connectivity index (χ2n) is 9.92. The second kappa shape index (κ2) is 9.32. The van der Waals surface area contributed by atoms with Crippen molar-refractivity contribution in [1.82, 2.24) is 19.1 Å². The molecule has 2 atom stereocenters. The van der Waals surface area contributed by atoms with Crippen molar-refractivity contribution in [3.63, 3.8) is 0 Å². The second-order valence-corrected chi connectivity index (χ2v) is 11.8. The van der Waals surface area contributed by atoms with Crippen LogP contribution in [0.15, 0.2) is 5.03 Å². The predicted molar refractivity (Wildman–Crippen MR) is 117 cm³/mol. The van der Waals surface area contributed by atoms with Crippen LogP contribution in [0.4, 0.5) is 0 Å². The van der Waals surface area contributed by atoms with Crippen molar-refractivity contribution in [1.29, 1.82) is 0 Å². The molecule has 1 unspecified atom stereocenters. The Morgan fingerprint density at radius 3 is 2.52 bits per heavy atom. The zero-order valence-electron chi connectivity index (χ0n) is 19.0. The van der Waals surface area contributed by atoms with E-state index < -0.39 is 27.0 Å². The molecule has 13 heteroatoms. The van der Waals surface area contributed by atoms with Crippen LogP contribution < -0.4 is 10.1 Å². The summed E-state index contributed by atoms with van der Waals surface area (Å²) in [5.41, 5.74) is -1.66. The van der Waals surface area contributed by atoms with E-state index in [4.69, 9.17) is 9.57 Å². The molecule has 0 aromatic carbocycles. The summed E-state index contributed by atoms with van der Waals surface area (Å²) in [4.78, 5) is 15.7. The number of aliphatic hydroxyl groups excluding tert-OH is 1. The van der Waals surface area contributed by atoms with Crippen molar-refractivity contribution in [2.45, 2.75) is 87.4 Å². The van der Waals surface area contributed by atoms with Crippen LogP contribution in [-0.4, -0.2) is 76.4 Å². The quantitative estimate of drug-likeness (QED) is 0.336. The van der Waals surface area contributed by atoms with Gasteiger partial charge in [0.25, 0.3) is 11.0 Å². The van der Waals surface area contributed by atoms with Crippen LogP contribution in [0.5, 0.6) is 5.88 Å². The van der Waals surface area contributed by atoms with Crippen LogP contribution in [0, 0.1) is 10.1 Å². The van der Waals surface area contributed by atoms with Gasteiger partial charge in [-0.25, -0.2) is 0 Å². The zero-order valence-corrected chi connectivity index (χ0v) is 20.7. The summed E-state index contributed by atoms with van der Waals surface area (Å²) in [5, 5.41) is 35.9. The first kappa shape index (κ1) is 26.0. The van der Waals surface area contributed by atoms with Crippen molar-refractivity contribution < 1.29 is 25.0 Å². The van der Waals surface area contributed by atoms with Crippen LogP contribution in [0.25, 0.3) is 0 Å². The number of rotatable bonds is 10. The van der Waals surface area contributed by atoms with Crippen LogP contribution in [0.3, 0.4) is 0 Å². The minimum atomic E-state index is -0.904.